The Bertz CT molecular complexity index is 868. The van der Waals surface area contributed by atoms with Gasteiger partial charge in [0.2, 0.25) is 11.1 Å². The lowest BCUT2D eigenvalue weighted by Gasteiger charge is -2.07. The van der Waals surface area contributed by atoms with Crippen LogP contribution in [0.15, 0.2) is 68.0 Å². The van der Waals surface area contributed by atoms with Gasteiger partial charge in [0, 0.05) is 39.2 Å². The van der Waals surface area contributed by atoms with E-state index in [9.17, 15) is 4.79 Å². The van der Waals surface area contributed by atoms with Gasteiger partial charge in [-0.15, -0.1) is 5.10 Å². The molecule has 6 nitrogen and oxygen atoms in total. The van der Waals surface area contributed by atoms with Crippen LogP contribution in [0, 0.1) is 0 Å². The van der Waals surface area contributed by atoms with Crippen LogP contribution < -0.4 is 5.32 Å². The maximum Gasteiger partial charge on any atom is 0.225 e. The predicted octanol–water partition coefficient (Wildman–Crippen LogP) is 4.24. The monoisotopic (exact) mass is 449 g/mol. The molecule has 0 saturated heterocycles. The summed E-state index contributed by atoms with van der Waals surface area (Å²) in [5.41, 5.74) is 0.792. The molecular weight excluding hydrogens is 434 g/mol. The highest BCUT2D eigenvalue weighted by molar-refractivity contribution is 9.10. The van der Waals surface area contributed by atoms with Crippen LogP contribution in [-0.4, -0.2) is 31.9 Å². The summed E-state index contributed by atoms with van der Waals surface area (Å²) in [4.78, 5) is 14.3. The number of benzene rings is 2. The largest absolute Gasteiger partial charge is 0.326 e. The standard InChI is InChI=1S/C17H16BrN5OS2/c1-23-17(20-21-22-23)25-11-10-16(24)19-13-4-8-15(9-5-13)26-14-6-2-12(18)3-7-14/h2-9H,10-11H2,1H3,(H,19,24). The van der Waals surface area contributed by atoms with Gasteiger partial charge in [0.25, 0.3) is 0 Å². The summed E-state index contributed by atoms with van der Waals surface area (Å²) in [7, 11) is 1.77. The number of aryl methyl sites for hydroxylation is 1. The molecular formula is C17H16BrN5OS2. The smallest absolute Gasteiger partial charge is 0.225 e. The van der Waals surface area contributed by atoms with E-state index in [4.69, 9.17) is 0 Å². The normalized spacial score (nSPS) is 10.7. The summed E-state index contributed by atoms with van der Waals surface area (Å²) in [5.74, 6) is 0.596. The molecule has 134 valence electrons. The third-order valence-corrected chi connectivity index (χ3v) is 5.89. The highest BCUT2D eigenvalue weighted by atomic mass is 79.9. The minimum atomic E-state index is -0.0269. The van der Waals surface area contributed by atoms with E-state index in [0.29, 0.717) is 17.3 Å². The Morgan fingerprint density at radius 2 is 1.77 bits per heavy atom. The van der Waals surface area contributed by atoms with Gasteiger partial charge in [-0.3, -0.25) is 4.79 Å². The van der Waals surface area contributed by atoms with Crippen LogP contribution in [0.1, 0.15) is 6.42 Å². The van der Waals surface area contributed by atoms with Gasteiger partial charge in [-0.05, 0) is 59.0 Å². The van der Waals surface area contributed by atoms with E-state index in [1.54, 1.807) is 23.5 Å². The van der Waals surface area contributed by atoms with Crippen LogP contribution in [0.3, 0.4) is 0 Å². The number of carbonyl (C=O) groups is 1. The van der Waals surface area contributed by atoms with Crippen molar-refractivity contribution >= 4 is 51.0 Å². The summed E-state index contributed by atoms with van der Waals surface area (Å²) in [6, 6.07) is 16.0. The van der Waals surface area contributed by atoms with Crippen molar-refractivity contribution < 1.29 is 4.79 Å². The molecule has 2 aromatic carbocycles. The lowest BCUT2D eigenvalue weighted by molar-refractivity contribution is -0.115. The first-order valence-corrected chi connectivity index (χ1v) is 10.4. The van der Waals surface area contributed by atoms with E-state index >= 15 is 0 Å². The van der Waals surface area contributed by atoms with Crippen LogP contribution >= 0.6 is 39.5 Å². The van der Waals surface area contributed by atoms with E-state index in [2.05, 4.69) is 48.9 Å². The summed E-state index contributed by atoms with van der Waals surface area (Å²) >= 11 is 6.57. The lowest BCUT2D eigenvalue weighted by Crippen LogP contribution is -2.12. The van der Waals surface area contributed by atoms with Gasteiger partial charge < -0.3 is 5.32 Å². The number of thioether (sulfide) groups is 1. The van der Waals surface area contributed by atoms with Crippen LogP contribution in [-0.2, 0) is 11.8 Å². The van der Waals surface area contributed by atoms with E-state index < -0.39 is 0 Å². The maximum atomic E-state index is 12.0. The third-order valence-electron chi connectivity index (χ3n) is 3.33. The van der Waals surface area contributed by atoms with Crippen molar-refractivity contribution in [2.45, 2.75) is 21.4 Å². The topological polar surface area (TPSA) is 72.7 Å². The average Bonchev–Trinajstić information content (AvgIpc) is 3.04. The molecule has 1 heterocycles. The van der Waals surface area contributed by atoms with Gasteiger partial charge in [0.1, 0.15) is 0 Å². The second-order valence-corrected chi connectivity index (χ2v) is 8.44. The highest BCUT2D eigenvalue weighted by Gasteiger charge is 2.07. The number of rotatable bonds is 7. The highest BCUT2D eigenvalue weighted by Crippen LogP contribution is 2.29. The molecule has 0 aliphatic rings. The number of anilines is 1. The van der Waals surface area contributed by atoms with Crippen molar-refractivity contribution in [2.75, 3.05) is 11.1 Å². The van der Waals surface area contributed by atoms with Gasteiger partial charge in [0.05, 0.1) is 0 Å². The van der Waals surface area contributed by atoms with Crippen molar-refractivity contribution in [3.8, 4) is 0 Å². The molecule has 0 atom stereocenters. The SMILES string of the molecule is Cn1nnnc1SCCC(=O)Nc1ccc(Sc2ccc(Br)cc2)cc1. The molecule has 3 aromatic rings. The van der Waals surface area contributed by atoms with Crippen LogP contribution in [0.5, 0.6) is 0 Å². The minimum Gasteiger partial charge on any atom is -0.326 e. The Labute approximate surface area is 168 Å². The molecule has 0 fully saturated rings. The Kier molecular flexibility index (Phi) is 6.70. The number of nitrogens with zero attached hydrogens (tertiary/aromatic N) is 4. The summed E-state index contributed by atoms with van der Waals surface area (Å²) in [6.07, 6.45) is 0.396. The van der Waals surface area contributed by atoms with E-state index in [1.807, 2.05) is 36.4 Å². The summed E-state index contributed by atoms with van der Waals surface area (Å²) in [6.45, 7) is 0. The molecule has 0 radical (unpaired) electrons. The second-order valence-electron chi connectivity index (χ2n) is 5.31. The average molecular weight is 450 g/mol. The summed E-state index contributed by atoms with van der Waals surface area (Å²) < 4.78 is 2.65. The number of carbonyl (C=O) groups excluding carboxylic acids is 1. The molecule has 0 spiro atoms. The molecule has 0 aliphatic carbocycles. The molecule has 1 aromatic heterocycles. The van der Waals surface area contributed by atoms with Crippen molar-refractivity contribution in [3.63, 3.8) is 0 Å². The Morgan fingerprint density at radius 3 is 2.38 bits per heavy atom. The minimum absolute atomic E-state index is 0.0269. The first-order chi connectivity index (χ1) is 12.6. The number of tetrazole rings is 1. The van der Waals surface area contributed by atoms with Crippen LogP contribution in [0.4, 0.5) is 5.69 Å². The lowest BCUT2D eigenvalue weighted by atomic mass is 10.3. The molecule has 0 unspecified atom stereocenters. The van der Waals surface area contributed by atoms with Gasteiger partial charge in [-0.25, -0.2) is 4.68 Å². The molecule has 0 saturated carbocycles. The van der Waals surface area contributed by atoms with Crippen molar-refractivity contribution in [2.24, 2.45) is 7.05 Å². The van der Waals surface area contributed by atoms with Gasteiger partial charge in [0.15, 0.2) is 0 Å². The zero-order chi connectivity index (χ0) is 18.4. The Morgan fingerprint density at radius 1 is 1.12 bits per heavy atom. The van der Waals surface area contributed by atoms with Crippen LogP contribution in [0.25, 0.3) is 0 Å². The molecule has 26 heavy (non-hydrogen) atoms. The Balaban J connectivity index is 1.46. The van der Waals surface area contributed by atoms with Gasteiger partial charge in [-0.1, -0.05) is 39.5 Å². The van der Waals surface area contributed by atoms with Crippen molar-refractivity contribution in [1.29, 1.82) is 0 Å². The summed E-state index contributed by atoms with van der Waals surface area (Å²) in [5, 5.41) is 14.8. The first-order valence-electron chi connectivity index (χ1n) is 7.78. The number of hydrogen-bond acceptors (Lipinski definition) is 6. The van der Waals surface area contributed by atoms with Crippen molar-refractivity contribution in [1.82, 2.24) is 20.2 Å². The molecule has 1 N–H and O–H groups in total. The fraction of sp³-hybridized carbons (Fsp3) is 0.176. The zero-order valence-corrected chi connectivity index (χ0v) is 17.1. The Hall–Kier alpha value is -1.84. The quantitative estimate of drug-likeness (QED) is 0.543. The van der Waals surface area contributed by atoms with E-state index in [0.717, 1.165) is 15.1 Å². The van der Waals surface area contributed by atoms with E-state index in [1.165, 1.54) is 16.7 Å². The number of aromatic nitrogens is 4. The number of amides is 1. The first kappa shape index (κ1) is 18.9. The van der Waals surface area contributed by atoms with Crippen molar-refractivity contribution in [3.05, 3.63) is 53.0 Å². The van der Waals surface area contributed by atoms with E-state index in [-0.39, 0.29) is 5.91 Å². The fourth-order valence-electron chi connectivity index (χ4n) is 2.05. The number of hydrogen-bond donors (Lipinski definition) is 1. The number of halogens is 1. The molecule has 0 bridgehead atoms. The van der Waals surface area contributed by atoms with Gasteiger partial charge in [-0.2, -0.15) is 0 Å². The second kappa shape index (κ2) is 9.20. The zero-order valence-electron chi connectivity index (χ0n) is 13.9. The predicted molar refractivity (Wildman–Crippen MR) is 107 cm³/mol. The molecule has 3 rings (SSSR count). The third kappa shape index (κ3) is 5.58. The molecule has 0 aliphatic heterocycles. The molecule has 9 heteroatoms. The fourth-order valence-corrected chi connectivity index (χ4v) is 3.92. The van der Waals surface area contributed by atoms with Crippen LogP contribution in [0.2, 0.25) is 0 Å². The molecule has 1 amide bonds. The number of nitrogens with one attached hydrogen (secondary N) is 1. The maximum absolute atomic E-state index is 12.0. The van der Waals surface area contributed by atoms with Gasteiger partial charge >= 0.3 is 0 Å².